The van der Waals surface area contributed by atoms with Crippen molar-refractivity contribution < 1.29 is 4.79 Å². The molecule has 0 aliphatic carbocycles. The Hall–Kier alpha value is -0.900. The molecule has 1 amide bonds. The molecule has 0 saturated heterocycles. The molecule has 0 fully saturated rings. The summed E-state index contributed by atoms with van der Waals surface area (Å²) in [5.74, 6) is 0.919. The van der Waals surface area contributed by atoms with Crippen LogP contribution in [-0.4, -0.2) is 43.3 Å². The fraction of sp³-hybridized carbons (Fsp3) is 0.800. The molecule has 1 atom stereocenters. The Bertz CT molecular complexity index is 236. The topological polar surface area (TPSA) is 44.7 Å². The van der Waals surface area contributed by atoms with Crippen LogP contribution in [0, 0.1) is 0 Å². The van der Waals surface area contributed by atoms with E-state index in [1.165, 1.54) is 0 Å². The molecular formula is C10H19N3O. The van der Waals surface area contributed by atoms with Crippen molar-refractivity contribution in [2.24, 2.45) is 4.99 Å². The van der Waals surface area contributed by atoms with E-state index in [2.05, 4.69) is 22.1 Å². The van der Waals surface area contributed by atoms with Gasteiger partial charge in [0.2, 0.25) is 5.91 Å². The number of amidine groups is 1. The van der Waals surface area contributed by atoms with Crippen molar-refractivity contribution in [1.29, 1.82) is 0 Å². The average molecular weight is 197 g/mol. The molecule has 1 aliphatic rings. The first-order chi connectivity index (χ1) is 6.63. The van der Waals surface area contributed by atoms with Gasteiger partial charge in [-0.1, -0.05) is 13.3 Å². The molecule has 0 radical (unpaired) electrons. The van der Waals surface area contributed by atoms with Gasteiger partial charge in [0.1, 0.15) is 11.9 Å². The molecule has 1 unspecified atom stereocenters. The zero-order valence-corrected chi connectivity index (χ0v) is 9.21. The molecule has 1 N–H and O–H groups in total. The molecule has 4 heteroatoms. The van der Waals surface area contributed by atoms with Crippen LogP contribution in [0.5, 0.6) is 0 Å². The van der Waals surface area contributed by atoms with Crippen LogP contribution >= 0.6 is 0 Å². The predicted molar refractivity (Wildman–Crippen MR) is 57.4 cm³/mol. The molecule has 0 spiro atoms. The normalized spacial score (nSPS) is 21.3. The van der Waals surface area contributed by atoms with Gasteiger partial charge in [0.15, 0.2) is 0 Å². The van der Waals surface area contributed by atoms with Crippen LogP contribution in [0.3, 0.4) is 0 Å². The van der Waals surface area contributed by atoms with Crippen molar-refractivity contribution in [3.63, 3.8) is 0 Å². The summed E-state index contributed by atoms with van der Waals surface area (Å²) in [5.41, 5.74) is 0. The van der Waals surface area contributed by atoms with Gasteiger partial charge in [-0.05, 0) is 20.5 Å². The fourth-order valence-electron chi connectivity index (χ4n) is 1.43. The van der Waals surface area contributed by atoms with Crippen LogP contribution in [0.4, 0.5) is 0 Å². The number of rotatable bonds is 5. The van der Waals surface area contributed by atoms with E-state index in [4.69, 9.17) is 0 Å². The van der Waals surface area contributed by atoms with E-state index in [1.807, 2.05) is 14.1 Å². The Morgan fingerprint density at radius 2 is 2.21 bits per heavy atom. The average Bonchev–Trinajstić information content (AvgIpc) is 2.45. The standard InChI is InChI=1S/C10H19N3O/c1-4-5-8-10(14)12-9(11-8)6-7-13(2)3/h8H,4-7H2,1-3H3,(H,11,12,14). The summed E-state index contributed by atoms with van der Waals surface area (Å²) >= 11 is 0. The molecule has 0 aromatic carbocycles. The predicted octanol–water partition coefficient (Wildman–Crippen LogP) is 0.635. The van der Waals surface area contributed by atoms with Gasteiger partial charge in [-0.15, -0.1) is 0 Å². The largest absolute Gasteiger partial charge is 0.313 e. The number of carbonyl (C=O) groups excluding carboxylic acids is 1. The van der Waals surface area contributed by atoms with Gasteiger partial charge in [0.05, 0.1) is 0 Å². The molecular weight excluding hydrogens is 178 g/mol. The van der Waals surface area contributed by atoms with Crippen LogP contribution in [-0.2, 0) is 4.79 Å². The second-order valence-electron chi connectivity index (χ2n) is 3.92. The minimum absolute atomic E-state index is 0.0700. The van der Waals surface area contributed by atoms with Gasteiger partial charge in [-0.3, -0.25) is 9.79 Å². The highest BCUT2D eigenvalue weighted by molar-refractivity contribution is 6.05. The number of carbonyl (C=O) groups is 1. The maximum atomic E-state index is 11.4. The third kappa shape index (κ3) is 3.10. The maximum Gasteiger partial charge on any atom is 0.250 e. The van der Waals surface area contributed by atoms with Crippen molar-refractivity contribution in [3.8, 4) is 0 Å². The van der Waals surface area contributed by atoms with Crippen LogP contribution in [0.1, 0.15) is 26.2 Å². The van der Waals surface area contributed by atoms with E-state index in [9.17, 15) is 4.79 Å². The van der Waals surface area contributed by atoms with Crippen molar-refractivity contribution in [3.05, 3.63) is 0 Å². The molecule has 0 aromatic heterocycles. The van der Waals surface area contributed by atoms with E-state index in [1.54, 1.807) is 0 Å². The van der Waals surface area contributed by atoms with Crippen molar-refractivity contribution in [2.75, 3.05) is 20.6 Å². The smallest absolute Gasteiger partial charge is 0.250 e. The number of hydrogen-bond donors (Lipinski definition) is 1. The van der Waals surface area contributed by atoms with Gasteiger partial charge in [-0.25, -0.2) is 0 Å². The number of aliphatic imine (C=N–C) groups is 1. The van der Waals surface area contributed by atoms with Gasteiger partial charge >= 0.3 is 0 Å². The Morgan fingerprint density at radius 1 is 1.50 bits per heavy atom. The molecule has 0 bridgehead atoms. The highest BCUT2D eigenvalue weighted by Crippen LogP contribution is 2.08. The molecule has 0 saturated carbocycles. The van der Waals surface area contributed by atoms with Gasteiger partial charge < -0.3 is 10.2 Å². The van der Waals surface area contributed by atoms with Gasteiger partial charge in [0, 0.05) is 13.0 Å². The van der Waals surface area contributed by atoms with Gasteiger partial charge in [-0.2, -0.15) is 0 Å². The third-order valence-electron chi connectivity index (χ3n) is 2.24. The summed E-state index contributed by atoms with van der Waals surface area (Å²) in [6, 6.07) is -0.128. The quantitative estimate of drug-likeness (QED) is 0.702. The summed E-state index contributed by atoms with van der Waals surface area (Å²) in [7, 11) is 4.03. The molecule has 80 valence electrons. The van der Waals surface area contributed by atoms with Crippen molar-refractivity contribution in [2.45, 2.75) is 32.2 Å². The first kappa shape index (κ1) is 11.2. The first-order valence-corrected chi connectivity index (χ1v) is 5.15. The minimum Gasteiger partial charge on any atom is -0.313 e. The molecule has 1 heterocycles. The zero-order chi connectivity index (χ0) is 10.6. The van der Waals surface area contributed by atoms with Crippen LogP contribution in [0.15, 0.2) is 4.99 Å². The van der Waals surface area contributed by atoms with E-state index in [0.29, 0.717) is 0 Å². The highest BCUT2D eigenvalue weighted by Gasteiger charge is 2.24. The number of amides is 1. The number of nitrogens with one attached hydrogen (secondary N) is 1. The Balaban J connectivity index is 2.40. The van der Waals surface area contributed by atoms with Crippen molar-refractivity contribution >= 4 is 11.7 Å². The SMILES string of the molecule is CCCC1N=C(CCN(C)C)NC1=O. The van der Waals surface area contributed by atoms with Crippen molar-refractivity contribution in [1.82, 2.24) is 10.2 Å². The summed E-state index contributed by atoms with van der Waals surface area (Å²) < 4.78 is 0. The molecule has 4 nitrogen and oxygen atoms in total. The highest BCUT2D eigenvalue weighted by atomic mass is 16.2. The van der Waals surface area contributed by atoms with E-state index >= 15 is 0 Å². The Morgan fingerprint density at radius 3 is 2.79 bits per heavy atom. The summed E-state index contributed by atoms with van der Waals surface area (Å²) in [5, 5.41) is 2.83. The summed E-state index contributed by atoms with van der Waals surface area (Å²) in [6.07, 6.45) is 2.69. The van der Waals surface area contributed by atoms with E-state index < -0.39 is 0 Å². The second-order valence-corrected chi connectivity index (χ2v) is 3.92. The third-order valence-corrected chi connectivity index (χ3v) is 2.24. The van der Waals surface area contributed by atoms with Crippen LogP contribution < -0.4 is 5.32 Å². The molecule has 14 heavy (non-hydrogen) atoms. The molecule has 0 aromatic rings. The lowest BCUT2D eigenvalue weighted by Crippen LogP contribution is -2.30. The molecule has 1 rings (SSSR count). The Labute approximate surface area is 85.4 Å². The lowest BCUT2D eigenvalue weighted by Gasteiger charge is -2.08. The van der Waals surface area contributed by atoms with Crippen LogP contribution in [0.2, 0.25) is 0 Å². The number of nitrogens with zero attached hydrogens (tertiary/aromatic N) is 2. The Kier molecular flexibility index (Phi) is 4.07. The lowest BCUT2D eigenvalue weighted by molar-refractivity contribution is -0.120. The summed E-state index contributed by atoms with van der Waals surface area (Å²) in [6.45, 7) is 3.00. The molecule has 1 aliphatic heterocycles. The zero-order valence-electron chi connectivity index (χ0n) is 9.21. The van der Waals surface area contributed by atoms with E-state index in [0.717, 1.165) is 31.6 Å². The number of hydrogen-bond acceptors (Lipinski definition) is 3. The van der Waals surface area contributed by atoms with E-state index in [-0.39, 0.29) is 11.9 Å². The monoisotopic (exact) mass is 197 g/mol. The maximum absolute atomic E-state index is 11.4. The second kappa shape index (κ2) is 5.10. The summed E-state index contributed by atoms with van der Waals surface area (Å²) in [4.78, 5) is 17.8. The van der Waals surface area contributed by atoms with Crippen LogP contribution in [0.25, 0.3) is 0 Å². The first-order valence-electron chi connectivity index (χ1n) is 5.15. The van der Waals surface area contributed by atoms with Gasteiger partial charge in [0.25, 0.3) is 0 Å². The minimum atomic E-state index is -0.128. The lowest BCUT2D eigenvalue weighted by atomic mass is 10.2. The fourth-order valence-corrected chi connectivity index (χ4v) is 1.43.